The van der Waals surface area contributed by atoms with Crippen molar-refractivity contribution < 1.29 is 18.7 Å². The minimum Gasteiger partial charge on any atom is -0.328 e. The number of rotatable bonds is 4. The third-order valence-electron chi connectivity index (χ3n) is 1.70. The smallest absolute Gasteiger partial charge is 0.325 e. The van der Waals surface area contributed by atoms with Gasteiger partial charge >= 0.3 is 6.03 Å². The van der Waals surface area contributed by atoms with Crippen LogP contribution in [0.4, 0.5) is 4.79 Å². The van der Waals surface area contributed by atoms with Crippen LogP contribution in [0.1, 0.15) is 6.92 Å². The monoisotopic (exact) mass is 220 g/mol. The minimum absolute atomic E-state index is 0.0155. The zero-order valence-electron chi connectivity index (χ0n) is 8.15. The van der Waals surface area contributed by atoms with Crippen LogP contribution in [0.5, 0.6) is 0 Å². The van der Waals surface area contributed by atoms with E-state index in [1.54, 1.807) is 6.92 Å². The maximum atomic E-state index is 11.7. The highest BCUT2D eigenvalue weighted by Gasteiger charge is 2.31. The van der Waals surface area contributed by atoms with Crippen LogP contribution in [-0.4, -0.2) is 42.9 Å². The molecule has 0 aromatic rings. The number of nitrogens with zero attached hydrogens (tertiary/aromatic N) is 1. The summed E-state index contributed by atoms with van der Waals surface area (Å²) in [4.78, 5) is 23.1. The van der Waals surface area contributed by atoms with Gasteiger partial charge < -0.3 is 9.42 Å². The van der Waals surface area contributed by atoms with Crippen LogP contribution < -0.4 is 5.32 Å². The van der Waals surface area contributed by atoms with Crippen molar-refractivity contribution >= 4 is 19.3 Å². The molecule has 1 fully saturated rings. The first-order valence-corrected chi connectivity index (χ1v) is 6.50. The molecule has 1 aliphatic rings. The molecule has 1 N–H and O–H groups in total. The van der Waals surface area contributed by atoms with Gasteiger partial charge in [0.25, 0.3) is 0 Å². The Labute approximate surface area is 82.0 Å². The molecule has 14 heavy (non-hydrogen) atoms. The molecular formula is C7H13N2O4P. The number of carbonyl (C=O) groups excluding carboxylic acids is 2. The van der Waals surface area contributed by atoms with Gasteiger partial charge in [-0.3, -0.25) is 14.7 Å². The van der Waals surface area contributed by atoms with E-state index in [2.05, 4.69) is 5.32 Å². The van der Waals surface area contributed by atoms with E-state index in [9.17, 15) is 14.2 Å². The van der Waals surface area contributed by atoms with Crippen LogP contribution in [0, 0.1) is 0 Å². The Kier molecular flexibility index (Phi) is 3.29. The minimum atomic E-state index is -2.79. The van der Waals surface area contributed by atoms with Gasteiger partial charge in [0.05, 0.1) is 12.9 Å². The molecule has 7 heteroatoms. The standard InChI is InChI=1S/C7H13N2O4P/c1-3-13-14(2,12)5-9-4-6(10)8-7(9)11/h3-5H2,1-2H3,(H,8,10,11). The van der Waals surface area contributed by atoms with Crippen molar-refractivity contribution in [2.45, 2.75) is 6.92 Å². The van der Waals surface area contributed by atoms with Gasteiger partial charge in [0.15, 0.2) is 0 Å². The van der Waals surface area contributed by atoms with E-state index in [0.717, 1.165) is 0 Å². The summed E-state index contributed by atoms with van der Waals surface area (Å²) in [5.74, 6) is -0.369. The van der Waals surface area contributed by atoms with E-state index >= 15 is 0 Å². The molecule has 1 unspecified atom stereocenters. The first kappa shape index (κ1) is 11.2. The van der Waals surface area contributed by atoms with Crippen molar-refractivity contribution in [1.82, 2.24) is 10.2 Å². The molecule has 0 saturated carbocycles. The maximum absolute atomic E-state index is 11.7. The van der Waals surface area contributed by atoms with Gasteiger partial charge in [-0.15, -0.1) is 0 Å². The second kappa shape index (κ2) is 4.11. The van der Waals surface area contributed by atoms with Crippen LogP contribution in [0.15, 0.2) is 0 Å². The molecule has 0 aromatic heterocycles. The van der Waals surface area contributed by atoms with Crippen molar-refractivity contribution in [3.05, 3.63) is 0 Å². The lowest BCUT2D eigenvalue weighted by Crippen LogP contribution is -2.29. The van der Waals surface area contributed by atoms with Crippen molar-refractivity contribution in [1.29, 1.82) is 0 Å². The lowest BCUT2D eigenvalue weighted by Gasteiger charge is -2.18. The normalized spacial score (nSPS) is 20.9. The van der Waals surface area contributed by atoms with Crippen molar-refractivity contribution in [3.8, 4) is 0 Å². The number of imide groups is 1. The van der Waals surface area contributed by atoms with Gasteiger partial charge in [-0.05, 0) is 6.92 Å². The van der Waals surface area contributed by atoms with E-state index in [-0.39, 0.29) is 18.7 Å². The molecule has 0 aromatic carbocycles. The first-order valence-electron chi connectivity index (χ1n) is 4.24. The predicted octanol–water partition coefficient (Wildman–Crippen LogP) is 0.440. The van der Waals surface area contributed by atoms with Gasteiger partial charge in [0, 0.05) is 6.66 Å². The van der Waals surface area contributed by atoms with E-state index < -0.39 is 13.4 Å². The highest BCUT2D eigenvalue weighted by Crippen LogP contribution is 2.42. The van der Waals surface area contributed by atoms with E-state index in [4.69, 9.17) is 4.52 Å². The van der Waals surface area contributed by atoms with Crippen LogP contribution in [0.3, 0.4) is 0 Å². The predicted molar refractivity (Wildman–Crippen MR) is 50.3 cm³/mol. The number of urea groups is 1. The Morgan fingerprint density at radius 2 is 2.21 bits per heavy atom. The second-order valence-electron chi connectivity index (χ2n) is 3.12. The number of hydrogen-bond donors (Lipinski definition) is 1. The van der Waals surface area contributed by atoms with Crippen molar-refractivity contribution in [2.75, 3.05) is 26.1 Å². The molecule has 0 spiro atoms. The van der Waals surface area contributed by atoms with Crippen molar-refractivity contribution in [2.24, 2.45) is 0 Å². The molecule has 1 aliphatic heterocycles. The Morgan fingerprint density at radius 1 is 1.57 bits per heavy atom. The topological polar surface area (TPSA) is 75.7 Å². The summed E-state index contributed by atoms with van der Waals surface area (Å²) in [6, 6.07) is -0.503. The SMILES string of the molecule is CCOP(C)(=O)CN1CC(=O)NC1=O. The molecule has 1 rings (SSSR count). The van der Waals surface area contributed by atoms with Crippen LogP contribution in [0.25, 0.3) is 0 Å². The van der Waals surface area contributed by atoms with E-state index in [1.165, 1.54) is 11.6 Å². The molecule has 6 nitrogen and oxygen atoms in total. The largest absolute Gasteiger partial charge is 0.328 e. The fourth-order valence-electron chi connectivity index (χ4n) is 1.22. The highest BCUT2D eigenvalue weighted by molar-refractivity contribution is 7.58. The number of nitrogens with one attached hydrogen (secondary N) is 1. The Hall–Kier alpha value is -0.870. The Balaban J connectivity index is 2.56. The molecule has 1 heterocycles. The number of amides is 3. The van der Waals surface area contributed by atoms with Gasteiger partial charge in [-0.2, -0.15) is 0 Å². The number of hydrogen-bond acceptors (Lipinski definition) is 4. The third-order valence-corrected chi connectivity index (χ3v) is 3.36. The summed E-state index contributed by atoms with van der Waals surface area (Å²) in [6.45, 7) is 3.47. The average Bonchev–Trinajstić information content (AvgIpc) is 2.28. The average molecular weight is 220 g/mol. The van der Waals surface area contributed by atoms with Gasteiger partial charge in [0.1, 0.15) is 6.54 Å². The van der Waals surface area contributed by atoms with E-state index in [1.807, 2.05) is 0 Å². The zero-order chi connectivity index (χ0) is 10.8. The highest BCUT2D eigenvalue weighted by atomic mass is 31.2. The van der Waals surface area contributed by atoms with Crippen LogP contribution >= 0.6 is 7.37 Å². The summed E-state index contributed by atoms with van der Waals surface area (Å²) >= 11 is 0. The van der Waals surface area contributed by atoms with Gasteiger partial charge in [-0.25, -0.2) is 4.79 Å². The molecule has 3 amide bonds. The van der Waals surface area contributed by atoms with Gasteiger partial charge in [0.2, 0.25) is 13.3 Å². The molecule has 1 atom stereocenters. The third kappa shape index (κ3) is 2.82. The summed E-state index contributed by atoms with van der Waals surface area (Å²) in [7, 11) is -2.79. The summed E-state index contributed by atoms with van der Waals surface area (Å²) < 4.78 is 16.7. The van der Waals surface area contributed by atoms with Crippen LogP contribution in [0.2, 0.25) is 0 Å². The Bertz CT molecular complexity index is 304. The summed E-state index contributed by atoms with van der Waals surface area (Å²) in [6.07, 6.45) is -0.0155. The Morgan fingerprint density at radius 3 is 2.64 bits per heavy atom. The lowest BCUT2D eigenvalue weighted by atomic mass is 10.6. The van der Waals surface area contributed by atoms with Crippen molar-refractivity contribution in [3.63, 3.8) is 0 Å². The maximum Gasteiger partial charge on any atom is 0.325 e. The number of carbonyl (C=O) groups is 2. The van der Waals surface area contributed by atoms with Crippen LogP contribution in [-0.2, 0) is 13.9 Å². The molecule has 1 saturated heterocycles. The molecular weight excluding hydrogens is 207 g/mol. The lowest BCUT2D eigenvalue weighted by molar-refractivity contribution is -0.118. The summed E-state index contributed by atoms with van der Waals surface area (Å²) in [5, 5.41) is 2.10. The molecule has 0 radical (unpaired) electrons. The zero-order valence-corrected chi connectivity index (χ0v) is 9.04. The van der Waals surface area contributed by atoms with E-state index in [0.29, 0.717) is 6.61 Å². The summed E-state index contributed by atoms with van der Waals surface area (Å²) in [5.41, 5.74) is 0. The molecule has 80 valence electrons. The second-order valence-corrected chi connectivity index (χ2v) is 5.69. The molecule has 0 aliphatic carbocycles. The fraction of sp³-hybridized carbons (Fsp3) is 0.714. The first-order chi connectivity index (χ1) is 6.44. The quantitative estimate of drug-likeness (QED) is 0.551. The van der Waals surface area contributed by atoms with Gasteiger partial charge in [-0.1, -0.05) is 0 Å². The molecule has 0 bridgehead atoms. The fourth-order valence-corrected chi connectivity index (χ4v) is 2.70.